The maximum atomic E-state index is 13.3. The van der Waals surface area contributed by atoms with E-state index in [4.69, 9.17) is 0 Å². The third-order valence-corrected chi connectivity index (χ3v) is 6.96. The number of likely N-dealkylation sites (tertiary alicyclic amines) is 1. The Morgan fingerprint density at radius 1 is 1.00 bits per heavy atom. The van der Waals surface area contributed by atoms with Gasteiger partial charge in [0.1, 0.15) is 0 Å². The van der Waals surface area contributed by atoms with Crippen molar-refractivity contribution in [1.82, 2.24) is 10.2 Å². The number of amides is 2. The van der Waals surface area contributed by atoms with Crippen molar-refractivity contribution in [3.63, 3.8) is 0 Å². The van der Waals surface area contributed by atoms with Crippen LogP contribution in [0, 0.1) is 17.3 Å². The van der Waals surface area contributed by atoms with Crippen LogP contribution in [0.25, 0.3) is 11.1 Å². The first-order valence-corrected chi connectivity index (χ1v) is 11.6. The number of piperidine rings is 1. The molecule has 2 atom stereocenters. The Labute approximate surface area is 186 Å². The normalized spacial score (nSPS) is 22.3. The van der Waals surface area contributed by atoms with E-state index in [1.807, 2.05) is 36.9 Å². The molecule has 2 aromatic rings. The molecule has 2 fully saturated rings. The van der Waals surface area contributed by atoms with Crippen LogP contribution in [-0.2, 0) is 16.0 Å². The Morgan fingerprint density at radius 2 is 1.58 bits per heavy atom. The Bertz CT molecular complexity index is 912. The molecule has 1 saturated carbocycles. The number of carbonyl (C=O) groups is 2. The zero-order valence-electron chi connectivity index (χ0n) is 18.9. The van der Waals surface area contributed by atoms with Gasteiger partial charge in [0.2, 0.25) is 11.8 Å². The van der Waals surface area contributed by atoms with Crippen molar-refractivity contribution < 1.29 is 9.59 Å². The van der Waals surface area contributed by atoms with Gasteiger partial charge in [-0.1, -0.05) is 61.5 Å². The number of nitrogens with one attached hydrogen (secondary N) is 1. The van der Waals surface area contributed by atoms with Crippen molar-refractivity contribution in [2.45, 2.75) is 52.5 Å². The Hall–Kier alpha value is -2.62. The largest absolute Gasteiger partial charge is 0.353 e. The van der Waals surface area contributed by atoms with E-state index in [1.54, 1.807) is 0 Å². The first kappa shape index (κ1) is 21.6. The molecule has 2 aromatic carbocycles. The zero-order chi connectivity index (χ0) is 22.0. The Morgan fingerprint density at radius 3 is 2.13 bits per heavy atom. The van der Waals surface area contributed by atoms with Crippen molar-refractivity contribution in [2.75, 3.05) is 13.1 Å². The highest BCUT2D eigenvalue weighted by molar-refractivity contribution is 5.85. The molecule has 2 amide bonds. The average Bonchev–Trinajstić information content (AvgIpc) is 3.51. The summed E-state index contributed by atoms with van der Waals surface area (Å²) >= 11 is 0. The monoisotopic (exact) mass is 418 g/mol. The molecule has 1 aliphatic carbocycles. The summed E-state index contributed by atoms with van der Waals surface area (Å²) in [4.78, 5) is 28.0. The first-order chi connectivity index (χ1) is 14.9. The van der Waals surface area contributed by atoms with Gasteiger partial charge in [-0.3, -0.25) is 9.59 Å². The molecule has 0 spiro atoms. The van der Waals surface area contributed by atoms with Crippen LogP contribution in [0.15, 0.2) is 54.6 Å². The van der Waals surface area contributed by atoms with E-state index >= 15 is 0 Å². The SMILES string of the molecule is CC(C)NC(=O)C1(Cc2ccc(-c3ccccc3)cc2)CCN(C(=O)[C@H]2C[C@H]2C)CC1. The molecule has 31 heavy (non-hydrogen) atoms. The smallest absolute Gasteiger partial charge is 0.226 e. The molecule has 1 N–H and O–H groups in total. The van der Waals surface area contributed by atoms with Crippen LogP contribution in [0.3, 0.4) is 0 Å². The number of rotatable bonds is 6. The van der Waals surface area contributed by atoms with Gasteiger partial charge in [0.05, 0.1) is 5.41 Å². The molecular formula is C27H34N2O2. The van der Waals surface area contributed by atoms with Crippen LogP contribution in [0.4, 0.5) is 0 Å². The lowest BCUT2D eigenvalue weighted by atomic mass is 9.72. The zero-order valence-corrected chi connectivity index (χ0v) is 18.9. The van der Waals surface area contributed by atoms with Gasteiger partial charge in [-0.05, 0) is 62.1 Å². The summed E-state index contributed by atoms with van der Waals surface area (Å²) in [5.74, 6) is 1.15. The van der Waals surface area contributed by atoms with Crippen LogP contribution >= 0.6 is 0 Å². The minimum atomic E-state index is -0.454. The van der Waals surface area contributed by atoms with Gasteiger partial charge in [0.25, 0.3) is 0 Å². The summed E-state index contributed by atoms with van der Waals surface area (Å²) in [6, 6.07) is 19.0. The lowest BCUT2D eigenvalue weighted by Crippen LogP contribution is -2.52. The molecule has 0 radical (unpaired) electrons. The van der Waals surface area contributed by atoms with Crippen LogP contribution in [0.1, 0.15) is 45.6 Å². The van der Waals surface area contributed by atoms with Crippen LogP contribution < -0.4 is 5.32 Å². The van der Waals surface area contributed by atoms with Crippen molar-refractivity contribution in [1.29, 1.82) is 0 Å². The summed E-state index contributed by atoms with van der Waals surface area (Å²) in [6.07, 6.45) is 3.17. The number of hydrogen-bond donors (Lipinski definition) is 1. The van der Waals surface area contributed by atoms with Gasteiger partial charge in [-0.2, -0.15) is 0 Å². The van der Waals surface area contributed by atoms with E-state index in [2.05, 4.69) is 48.6 Å². The van der Waals surface area contributed by atoms with E-state index in [-0.39, 0.29) is 23.8 Å². The lowest BCUT2D eigenvalue weighted by molar-refractivity contribution is -0.141. The van der Waals surface area contributed by atoms with Gasteiger partial charge in [-0.25, -0.2) is 0 Å². The van der Waals surface area contributed by atoms with Gasteiger partial charge in [-0.15, -0.1) is 0 Å². The summed E-state index contributed by atoms with van der Waals surface area (Å²) in [7, 11) is 0. The summed E-state index contributed by atoms with van der Waals surface area (Å²) in [5, 5.41) is 3.15. The lowest BCUT2D eigenvalue weighted by Gasteiger charge is -2.41. The second-order valence-corrected chi connectivity index (χ2v) is 9.79. The van der Waals surface area contributed by atoms with E-state index in [0.717, 1.165) is 19.3 Å². The maximum Gasteiger partial charge on any atom is 0.226 e. The van der Waals surface area contributed by atoms with Crippen LogP contribution in [0.2, 0.25) is 0 Å². The van der Waals surface area contributed by atoms with Gasteiger partial charge in [0, 0.05) is 25.0 Å². The van der Waals surface area contributed by atoms with Crippen molar-refractivity contribution in [3.05, 3.63) is 60.2 Å². The standard InChI is InChI=1S/C27H34N2O2/c1-19(2)28-26(31)27(13-15-29(16-14-27)25(30)24-17-20(24)3)18-21-9-11-23(12-10-21)22-7-5-4-6-8-22/h4-12,19-20,24H,13-18H2,1-3H3,(H,28,31)/t20-,24+/m1/s1. The Balaban J connectivity index is 1.49. The average molecular weight is 419 g/mol. The molecule has 0 aromatic heterocycles. The molecule has 0 bridgehead atoms. The highest BCUT2D eigenvalue weighted by Crippen LogP contribution is 2.42. The van der Waals surface area contributed by atoms with E-state index in [1.165, 1.54) is 16.7 Å². The van der Waals surface area contributed by atoms with Crippen LogP contribution in [0.5, 0.6) is 0 Å². The highest BCUT2D eigenvalue weighted by Gasteiger charge is 2.46. The predicted molar refractivity (Wildman–Crippen MR) is 124 cm³/mol. The summed E-state index contributed by atoms with van der Waals surface area (Å²) < 4.78 is 0. The molecule has 4 nitrogen and oxygen atoms in total. The third kappa shape index (κ3) is 4.84. The van der Waals surface area contributed by atoms with Crippen molar-refractivity contribution in [3.8, 4) is 11.1 Å². The molecule has 0 unspecified atom stereocenters. The molecule has 4 rings (SSSR count). The van der Waals surface area contributed by atoms with E-state index in [9.17, 15) is 9.59 Å². The summed E-state index contributed by atoms with van der Waals surface area (Å²) in [5.41, 5.74) is 3.10. The molecule has 4 heteroatoms. The minimum Gasteiger partial charge on any atom is -0.353 e. The molecule has 1 saturated heterocycles. The summed E-state index contributed by atoms with van der Waals surface area (Å²) in [6.45, 7) is 7.51. The molecular weight excluding hydrogens is 384 g/mol. The fourth-order valence-corrected chi connectivity index (χ4v) is 4.79. The third-order valence-electron chi connectivity index (χ3n) is 6.96. The molecule has 1 heterocycles. The van der Waals surface area contributed by atoms with Crippen LogP contribution in [-0.4, -0.2) is 35.8 Å². The fourth-order valence-electron chi connectivity index (χ4n) is 4.79. The van der Waals surface area contributed by atoms with Gasteiger partial charge >= 0.3 is 0 Å². The maximum absolute atomic E-state index is 13.3. The minimum absolute atomic E-state index is 0.108. The fraction of sp³-hybridized carbons (Fsp3) is 0.481. The quantitative estimate of drug-likeness (QED) is 0.740. The first-order valence-electron chi connectivity index (χ1n) is 11.6. The predicted octanol–water partition coefficient (Wildman–Crippen LogP) is 4.69. The van der Waals surface area contributed by atoms with Crippen molar-refractivity contribution >= 4 is 11.8 Å². The number of hydrogen-bond acceptors (Lipinski definition) is 2. The number of benzene rings is 2. The van der Waals surface area contributed by atoms with Gasteiger partial charge in [0.15, 0.2) is 0 Å². The second kappa shape index (κ2) is 8.86. The van der Waals surface area contributed by atoms with E-state index < -0.39 is 5.41 Å². The second-order valence-electron chi connectivity index (χ2n) is 9.79. The number of nitrogens with zero attached hydrogens (tertiary/aromatic N) is 1. The van der Waals surface area contributed by atoms with Crippen molar-refractivity contribution in [2.24, 2.45) is 17.3 Å². The van der Waals surface area contributed by atoms with E-state index in [0.29, 0.717) is 25.4 Å². The Kier molecular flexibility index (Phi) is 6.17. The molecule has 2 aliphatic rings. The molecule has 1 aliphatic heterocycles. The number of carbonyl (C=O) groups excluding carboxylic acids is 2. The topological polar surface area (TPSA) is 49.4 Å². The molecule has 164 valence electrons. The highest BCUT2D eigenvalue weighted by atomic mass is 16.2. The van der Waals surface area contributed by atoms with Gasteiger partial charge < -0.3 is 10.2 Å².